The first-order valence-corrected chi connectivity index (χ1v) is 17.3. The van der Waals surface area contributed by atoms with Crippen molar-refractivity contribution >= 4 is 29.5 Å². The molecule has 1 saturated heterocycles. The number of allylic oxidation sites excluding steroid dienone is 1. The Morgan fingerprint density at radius 2 is 1.50 bits per heavy atom. The van der Waals surface area contributed by atoms with Gasteiger partial charge < -0.3 is 26.2 Å². The highest BCUT2D eigenvalue weighted by Gasteiger charge is 2.70. The normalized spacial score (nSPS) is 32.8. The summed E-state index contributed by atoms with van der Waals surface area (Å²) in [7, 11) is 0. The molecule has 0 aromatic rings. The summed E-state index contributed by atoms with van der Waals surface area (Å²) < 4.78 is 0. The zero-order valence-corrected chi connectivity index (χ0v) is 28.5. The Kier molecular flexibility index (Phi) is 9.50. The summed E-state index contributed by atoms with van der Waals surface area (Å²) in [5.74, 6) is -0.180. The number of rotatable bonds is 13. The third kappa shape index (κ3) is 6.77. The average molecular weight is 638 g/mol. The van der Waals surface area contributed by atoms with E-state index in [0.29, 0.717) is 37.1 Å². The fourth-order valence-electron chi connectivity index (χ4n) is 9.64. The lowest BCUT2D eigenvalue weighted by Gasteiger charge is -2.56. The van der Waals surface area contributed by atoms with Crippen molar-refractivity contribution in [2.75, 3.05) is 13.1 Å². The van der Waals surface area contributed by atoms with Crippen molar-refractivity contribution in [3.8, 4) is 0 Å². The van der Waals surface area contributed by atoms with Gasteiger partial charge in [0.25, 0.3) is 5.91 Å². The smallest absolute Gasteiger partial charge is 0.315 e. The molecule has 0 aromatic carbocycles. The number of amides is 5. The van der Waals surface area contributed by atoms with Crippen LogP contribution in [0.5, 0.6) is 0 Å². The molecular weight excluding hydrogens is 582 g/mol. The summed E-state index contributed by atoms with van der Waals surface area (Å²) in [5.41, 5.74) is -0.968. The number of carbonyl (C=O) groups is 5. The van der Waals surface area contributed by atoms with Crippen molar-refractivity contribution in [3.05, 3.63) is 25.3 Å². The van der Waals surface area contributed by atoms with Crippen LogP contribution in [0.1, 0.15) is 92.4 Å². The van der Waals surface area contributed by atoms with E-state index in [1.165, 1.54) is 19.3 Å². The summed E-state index contributed by atoms with van der Waals surface area (Å²) in [5, 5.41) is 11.8. The molecule has 1 aliphatic heterocycles. The Balaban J connectivity index is 1.30. The standard InChI is InChI=1S/C36H55N5O5/c1-8-10-12-25(28(42)31(44)37-13-11-9-2)38-30(43)27-26-24(35(26,6)7)20-41(27)32(45)29(34(3,4)5)39-33(46)40-36-17-21-14-22(18-36)16-23(15-21)19-36/h8-9,21-27,29H,1-2,10-20H2,3-7H3,(H,37,44)(H,38,43)(H2,39,40,46)/t21?,22?,23?,24-,25?,26-,27-,29+,36?/m0/s1. The van der Waals surface area contributed by atoms with Gasteiger partial charge >= 0.3 is 6.03 Å². The van der Waals surface area contributed by atoms with E-state index in [9.17, 15) is 24.0 Å². The van der Waals surface area contributed by atoms with Gasteiger partial charge in [0.1, 0.15) is 12.1 Å². The molecule has 6 fully saturated rings. The lowest BCUT2D eigenvalue weighted by atomic mass is 9.53. The number of fused-ring (bicyclic) bond motifs is 1. The van der Waals surface area contributed by atoms with E-state index in [2.05, 4.69) is 48.3 Å². The first-order valence-electron chi connectivity index (χ1n) is 17.3. The van der Waals surface area contributed by atoms with Crippen molar-refractivity contribution in [2.45, 2.75) is 116 Å². The fraction of sp³-hybridized carbons (Fsp3) is 0.750. The van der Waals surface area contributed by atoms with E-state index in [0.717, 1.165) is 19.3 Å². The van der Waals surface area contributed by atoms with Gasteiger partial charge in [-0.3, -0.25) is 19.2 Å². The molecular formula is C36H55N5O5. The first-order chi connectivity index (χ1) is 21.6. The van der Waals surface area contributed by atoms with Crippen LogP contribution in [0.4, 0.5) is 4.79 Å². The lowest BCUT2D eigenvalue weighted by Crippen LogP contribution is -2.65. The second-order valence-corrected chi connectivity index (χ2v) is 16.6. The molecule has 4 N–H and O–H groups in total. The van der Waals surface area contributed by atoms with E-state index >= 15 is 0 Å². The maximum Gasteiger partial charge on any atom is 0.315 e. The number of nitrogens with one attached hydrogen (secondary N) is 4. The third-order valence-corrected chi connectivity index (χ3v) is 11.7. The number of hydrogen-bond acceptors (Lipinski definition) is 5. The average Bonchev–Trinajstić information content (AvgIpc) is 3.27. The van der Waals surface area contributed by atoms with Gasteiger partial charge in [-0.05, 0) is 98.2 Å². The second-order valence-electron chi connectivity index (χ2n) is 16.6. The summed E-state index contributed by atoms with van der Waals surface area (Å²) in [4.78, 5) is 69.4. The molecule has 6 rings (SSSR count). The Hall–Kier alpha value is -3.17. The number of nitrogens with zero attached hydrogens (tertiary/aromatic N) is 1. The summed E-state index contributed by atoms with van der Waals surface area (Å²) in [6.45, 7) is 18.0. The van der Waals surface area contributed by atoms with Crippen LogP contribution in [-0.2, 0) is 19.2 Å². The zero-order valence-electron chi connectivity index (χ0n) is 28.5. The number of urea groups is 1. The zero-order chi connectivity index (χ0) is 33.6. The van der Waals surface area contributed by atoms with Crippen LogP contribution in [-0.4, -0.2) is 71.2 Å². The number of Topliss-reactive ketones (excluding diaryl/α,β-unsaturated/α-hetero) is 1. The Morgan fingerprint density at radius 1 is 0.913 bits per heavy atom. The third-order valence-electron chi connectivity index (χ3n) is 11.7. The van der Waals surface area contributed by atoms with E-state index in [-0.39, 0.29) is 47.7 Å². The minimum absolute atomic E-state index is 0.0884. The van der Waals surface area contributed by atoms with Gasteiger partial charge in [0, 0.05) is 18.6 Å². The maximum atomic E-state index is 14.4. The summed E-state index contributed by atoms with van der Waals surface area (Å²) in [6, 6.07) is -3.03. The number of hydrogen-bond donors (Lipinski definition) is 4. The molecule has 5 saturated carbocycles. The van der Waals surface area contributed by atoms with E-state index in [4.69, 9.17) is 0 Å². The predicted molar refractivity (Wildman–Crippen MR) is 176 cm³/mol. The second kappa shape index (κ2) is 12.8. The Bertz CT molecular complexity index is 1230. The van der Waals surface area contributed by atoms with Crippen molar-refractivity contribution in [3.63, 3.8) is 0 Å². The monoisotopic (exact) mass is 637 g/mol. The van der Waals surface area contributed by atoms with Gasteiger partial charge in [-0.15, -0.1) is 13.2 Å². The van der Waals surface area contributed by atoms with Crippen LogP contribution < -0.4 is 21.3 Å². The molecule has 4 bridgehead atoms. The van der Waals surface area contributed by atoms with Crippen molar-refractivity contribution in [2.24, 2.45) is 40.4 Å². The molecule has 6 aliphatic rings. The molecule has 5 atom stereocenters. The van der Waals surface area contributed by atoms with Crippen molar-refractivity contribution in [1.29, 1.82) is 0 Å². The van der Waals surface area contributed by atoms with Crippen LogP contribution in [0.25, 0.3) is 0 Å². The SMILES string of the molecule is C=CCCNC(=O)C(=O)C(CCC=C)NC(=O)[C@@H]1[C@@H]2[C@H](CN1C(=O)[C@@H](NC(=O)NC13CC4CC(CC(C4)C1)C3)C(C)(C)C)C2(C)C. The molecule has 10 heteroatoms. The lowest BCUT2D eigenvalue weighted by molar-refractivity contribution is -0.145. The molecule has 5 amide bonds. The fourth-order valence-corrected chi connectivity index (χ4v) is 9.64. The molecule has 5 aliphatic carbocycles. The molecule has 46 heavy (non-hydrogen) atoms. The highest BCUT2D eigenvalue weighted by atomic mass is 16.2. The van der Waals surface area contributed by atoms with Crippen LogP contribution in [0.2, 0.25) is 0 Å². The largest absolute Gasteiger partial charge is 0.349 e. The molecule has 1 heterocycles. The highest BCUT2D eigenvalue weighted by Crippen LogP contribution is 2.65. The molecule has 10 nitrogen and oxygen atoms in total. The van der Waals surface area contributed by atoms with Gasteiger partial charge in [0.2, 0.25) is 17.6 Å². The minimum atomic E-state index is -1.05. The van der Waals surface area contributed by atoms with E-state index in [1.807, 2.05) is 20.8 Å². The molecule has 254 valence electrons. The molecule has 0 radical (unpaired) electrons. The van der Waals surface area contributed by atoms with Crippen molar-refractivity contribution in [1.82, 2.24) is 26.2 Å². The quantitative estimate of drug-likeness (QED) is 0.138. The molecule has 0 aromatic heterocycles. The first kappa shape index (κ1) is 34.2. The minimum Gasteiger partial charge on any atom is -0.349 e. The van der Waals surface area contributed by atoms with Gasteiger partial charge in [-0.25, -0.2) is 4.79 Å². The Labute approximate surface area is 274 Å². The van der Waals surface area contributed by atoms with Crippen molar-refractivity contribution < 1.29 is 24.0 Å². The van der Waals surface area contributed by atoms with E-state index in [1.54, 1.807) is 17.1 Å². The number of ketones is 1. The highest BCUT2D eigenvalue weighted by molar-refractivity contribution is 6.38. The summed E-state index contributed by atoms with van der Waals surface area (Å²) in [6.07, 6.45) is 11.3. The van der Waals surface area contributed by atoms with Crippen LogP contribution in [0.3, 0.4) is 0 Å². The van der Waals surface area contributed by atoms with Gasteiger partial charge in [0.05, 0.1) is 6.04 Å². The maximum absolute atomic E-state index is 14.4. The summed E-state index contributed by atoms with van der Waals surface area (Å²) >= 11 is 0. The molecule has 0 spiro atoms. The molecule has 1 unspecified atom stereocenters. The van der Waals surface area contributed by atoms with Gasteiger partial charge in [0.15, 0.2) is 0 Å². The van der Waals surface area contributed by atoms with Crippen LogP contribution in [0.15, 0.2) is 25.3 Å². The number of carbonyl (C=O) groups excluding carboxylic acids is 5. The predicted octanol–water partition coefficient (Wildman–Crippen LogP) is 3.86. The number of piperidine rings is 1. The number of likely N-dealkylation sites (tertiary alicyclic amines) is 1. The topological polar surface area (TPSA) is 137 Å². The van der Waals surface area contributed by atoms with Gasteiger partial charge in [-0.1, -0.05) is 46.8 Å². The van der Waals surface area contributed by atoms with Crippen LogP contribution >= 0.6 is 0 Å². The van der Waals surface area contributed by atoms with E-state index < -0.39 is 41.1 Å². The van der Waals surface area contributed by atoms with Gasteiger partial charge in [-0.2, -0.15) is 0 Å². The van der Waals surface area contributed by atoms with Crippen LogP contribution in [0, 0.1) is 40.4 Å². The Morgan fingerprint density at radius 3 is 2.04 bits per heavy atom.